The highest BCUT2D eigenvalue weighted by Gasteiger charge is 2.26. The molecular weight excluding hydrogens is 350 g/mol. The molecule has 2 aliphatic rings. The first-order chi connectivity index (χ1) is 13.8. The van der Waals surface area contributed by atoms with Crippen LogP contribution < -0.4 is 10.9 Å². The van der Waals surface area contributed by atoms with Crippen molar-refractivity contribution in [2.45, 2.75) is 25.6 Å². The fourth-order valence-electron chi connectivity index (χ4n) is 3.80. The number of fused-ring (bicyclic) bond motifs is 1. The molecular formula is C22H21N5O. The second-order valence-corrected chi connectivity index (χ2v) is 7.23. The number of hydrogen-bond acceptors (Lipinski definition) is 5. The van der Waals surface area contributed by atoms with Crippen LogP contribution in [-0.2, 0) is 13.1 Å². The number of carbonyl (C=O) groups is 1. The molecule has 0 saturated carbocycles. The molecule has 2 N–H and O–H groups in total. The molecule has 140 valence electrons. The van der Waals surface area contributed by atoms with E-state index in [-0.39, 0.29) is 5.91 Å². The monoisotopic (exact) mass is 371 g/mol. The highest BCUT2D eigenvalue weighted by Crippen LogP contribution is 2.26. The van der Waals surface area contributed by atoms with Crippen molar-refractivity contribution in [2.75, 3.05) is 6.54 Å². The number of nitrogens with zero attached hydrogens (tertiary/aromatic N) is 3. The number of benzene rings is 2. The van der Waals surface area contributed by atoms with Gasteiger partial charge in [-0.15, -0.1) is 0 Å². The molecule has 1 atom stereocenters. The molecule has 0 spiro atoms. The van der Waals surface area contributed by atoms with Crippen molar-refractivity contribution in [1.29, 1.82) is 0 Å². The van der Waals surface area contributed by atoms with Crippen LogP contribution in [0.5, 0.6) is 0 Å². The number of hydrazine groups is 1. The maximum atomic E-state index is 13.0. The summed E-state index contributed by atoms with van der Waals surface area (Å²) in [5.74, 6) is 0.735. The van der Waals surface area contributed by atoms with E-state index in [2.05, 4.69) is 15.8 Å². The first-order valence-corrected chi connectivity index (χ1v) is 9.56. The van der Waals surface area contributed by atoms with Crippen LogP contribution in [0, 0.1) is 0 Å². The third-order valence-electron chi connectivity index (χ3n) is 5.37. The number of carbonyl (C=O) groups excluding carboxylic acids is 1. The van der Waals surface area contributed by atoms with Crippen molar-refractivity contribution in [3.05, 3.63) is 83.2 Å². The zero-order valence-electron chi connectivity index (χ0n) is 15.4. The highest BCUT2D eigenvalue weighted by molar-refractivity contribution is 5.94. The summed E-state index contributed by atoms with van der Waals surface area (Å²) in [5, 5.41) is 0. The van der Waals surface area contributed by atoms with Crippen LogP contribution in [0.4, 0.5) is 0 Å². The van der Waals surface area contributed by atoms with E-state index >= 15 is 0 Å². The van der Waals surface area contributed by atoms with Crippen LogP contribution in [-0.4, -0.2) is 27.3 Å². The molecule has 1 fully saturated rings. The molecule has 6 heteroatoms. The Labute approximate surface area is 163 Å². The number of aromatic nitrogens is 2. The summed E-state index contributed by atoms with van der Waals surface area (Å²) >= 11 is 0. The lowest BCUT2D eigenvalue weighted by Crippen LogP contribution is -2.26. The molecule has 2 aromatic carbocycles. The Kier molecular flexibility index (Phi) is 4.35. The Bertz CT molecular complexity index is 997. The topological polar surface area (TPSA) is 70.2 Å². The number of hydrogen-bond donors (Lipinski definition) is 2. The summed E-state index contributed by atoms with van der Waals surface area (Å²) in [6.07, 6.45) is 2.90. The number of nitrogens with one attached hydrogen (secondary N) is 2. The third kappa shape index (κ3) is 3.17. The van der Waals surface area contributed by atoms with E-state index in [0.717, 1.165) is 29.8 Å². The SMILES string of the molecule is O=C(c1ccc(C2CCNN2)cc1)N1Cc2cnc(-c3ccccc3)nc2C1. The van der Waals surface area contributed by atoms with Gasteiger partial charge in [0, 0.05) is 42.0 Å². The van der Waals surface area contributed by atoms with Gasteiger partial charge in [-0.25, -0.2) is 9.97 Å². The van der Waals surface area contributed by atoms with E-state index in [0.29, 0.717) is 30.5 Å². The lowest BCUT2D eigenvalue weighted by atomic mass is 10.0. The van der Waals surface area contributed by atoms with Gasteiger partial charge in [0.25, 0.3) is 5.91 Å². The zero-order valence-corrected chi connectivity index (χ0v) is 15.4. The summed E-state index contributed by atoms with van der Waals surface area (Å²) in [7, 11) is 0. The van der Waals surface area contributed by atoms with Crippen molar-refractivity contribution >= 4 is 5.91 Å². The van der Waals surface area contributed by atoms with Gasteiger partial charge >= 0.3 is 0 Å². The minimum Gasteiger partial charge on any atom is -0.328 e. The lowest BCUT2D eigenvalue weighted by Gasteiger charge is -2.16. The molecule has 28 heavy (non-hydrogen) atoms. The van der Waals surface area contributed by atoms with E-state index in [1.165, 1.54) is 5.56 Å². The molecule has 0 radical (unpaired) electrons. The van der Waals surface area contributed by atoms with Crippen LogP contribution in [0.3, 0.4) is 0 Å². The third-order valence-corrected chi connectivity index (χ3v) is 5.37. The van der Waals surface area contributed by atoms with Crippen molar-refractivity contribution < 1.29 is 4.79 Å². The summed E-state index contributed by atoms with van der Waals surface area (Å²) in [5.41, 5.74) is 11.2. The maximum absolute atomic E-state index is 13.0. The molecule has 2 aliphatic heterocycles. The normalized spacial score (nSPS) is 18.3. The molecule has 1 unspecified atom stereocenters. The Morgan fingerprint density at radius 1 is 1.04 bits per heavy atom. The van der Waals surface area contributed by atoms with Crippen LogP contribution >= 0.6 is 0 Å². The van der Waals surface area contributed by atoms with Gasteiger partial charge in [-0.2, -0.15) is 0 Å². The molecule has 0 bridgehead atoms. The van der Waals surface area contributed by atoms with Gasteiger partial charge in [0.2, 0.25) is 0 Å². The van der Waals surface area contributed by atoms with Crippen LogP contribution in [0.2, 0.25) is 0 Å². The van der Waals surface area contributed by atoms with Gasteiger partial charge in [0.15, 0.2) is 5.82 Å². The molecule has 1 aromatic heterocycles. The summed E-state index contributed by atoms with van der Waals surface area (Å²) in [4.78, 5) is 24.0. The average molecular weight is 371 g/mol. The van der Waals surface area contributed by atoms with Gasteiger partial charge < -0.3 is 4.90 Å². The zero-order chi connectivity index (χ0) is 18.9. The minimum atomic E-state index is 0.0308. The second-order valence-electron chi connectivity index (χ2n) is 7.23. The molecule has 0 aliphatic carbocycles. The maximum Gasteiger partial charge on any atom is 0.254 e. The summed E-state index contributed by atoms with van der Waals surface area (Å²) in [6.45, 7) is 2.04. The van der Waals surface area contributed by atoms with E-state index in [1.54, 1.807) is 0 Å². The fourth-order valence-corrected chi connectivity index (χ4v) is 3.80. The van der Waals surface area contributed by atoms with E-state index in [1.807, 2.05) is 65.7 Å². The van der Waals surface area contributed by atoms with Crippen molar-refractivity contribution in [2.24, 2.45) is 0 Å². The van der Waals surface area contributed by atoms with Gasteiger partial charge in [-0.3, -0.25) is 15.6 Å². The number of rotatable bonds is 3. The molecule has 3 heterocycles. The van der Waals surface area contributed by atoms with Gasteiger partial charge in [-0.1, -0.05) is 42.5 Å². The Hall–Kier alpha value is -3.09. The first-order valence-electron chi connectivity index (χ1n) is 9.56. The Balaban J connectivity index is 1.32. The lowest BCUT2D eigenvalue weighted by molar-refractivity contribution is 0.0750. The van der Waals surface area contributed by atoms with E-state index in [4.69, 9.17) is 4.98 Å². The predicted molar refractivity (Wildman–Crippen MR) is 106 cm³/mol. The summed E-state index contributed by atoms with van der Waals surface area (Å²) in [6, 6.07) is 18.1. The van der Waals surface area contributed by atoms with E-state index < -0.39 is 0 Å². The number of amides is 1. The van der Waals surface area contributed by atoms with Crippen molar-refractivity contribution in [3.63, 3.8) is 0 Å². The standard InChI is InChI=1S/C22H21N5O/c28-22(17-8-6-15(7-9-17)19-10-11-24-26-19)27-13-18-12-23-21(25-20(18)14-27)16-4-2-1-3-5-16/h1-9,12,19,24,26H,10-11,13-14H2. The molecule has 1 saturated heterocycles. The average Bonchev–Trinajstić information content (AvgIpc) is 3.43. The smallest absolute Gasteiger partial charge is 0.254 e. The Morgan fingerprint density at radius 3 is 2.61 bits per heavy atom. The van der Waals surface area contributed by atoms with Gasteiger partial charge in [-0.05, 0) is 24.1 Å². The largest absolute Gasteiger partial charge is 0.328 e. The minimum absolute atomic E-state index is 0.0308. The molecule has 1 amide bonds. The molecule has 5 rings (SSSR count). The van der Waals surface area contributed by atoms with Crippen LogP contribution in [0.15, 0.2) is 60.8 Å². The Morgan fingerprint density at radius 2 is 1.86 bits per heavy atom. The first kappa shape index (κ1) is 17.0. The quantitative estimate of drug-likeness (QED) is 0.741. The van der Waals surface area contributed by atoms with Crippen LogP contribution in [0.25, 0.3) is 11.4 Å². The second kappa shape index (κ2) is 7.14. The van der Waals surface area contributed by atoms with Crippen LogP contribution in [0.1, 0.15) is 39.6 Å². The fraction of sp³-hybridized carbons (Fsp3) is 0.227. The summed E-state index contributed by atoms with van der Waals surface area (Å²) < 4.78 is 0. The molecule has 3 aromatic rings. The van der Waals surface area contributed by atoms with Gasteiger partial charge in [0.1, 0.15) is 0 Å². The van der Waals surface area contributed by atoms with Crippen molar-refractivity contribution in [3.8, 4) is 11.4 Å². The van der Waals surface area contributed by atoms with Gasteiger partial charge in [0.05, 0.1) is 12.2 Å². The highest BCUT2D eigenvalue weighted by atomic mass is 16.2. The van der Waals surface area contributed by atoms with Crippen molar-refractivity contribution in [1.82, 2.24) is 25.7 Å². The predicted octanol–water partition coefficient (Wildman–Crippen LogP) is 2.84. The van der Waals surface area contributed by atoms with E-state index in [9.17, 15) is 4.79 Å². The molecule has 6 nitrogen and oxygen atoms in total.